The molecule has 0 atom stereocenters. The largest absolute Gasteiger partial charge is 0.306 e. The summed E-state index contributed by atoms with van der Waals surface area (Å²) in [5, 5.41) is 7.72. The number of benzene rings is 1. The number of aryl methyl sites for hydroxylation is 2. The molecule has 0 spiro atoms. The highest BCUT2D eigenvalue weighted by Gasteiger charge is 2.17. The Morgan fingerprint density at radius 2 is 2.00 bits per heavy atom. The molecule has 7 nitrogen and oxygen atoms in total. The highest BCUT2D eigenvalue weighted by Crippen LogP contribution is 2.22. The summed E-state index contributed by atoms with van der Waals surface area (Å²) in [5.74, 6) is 0.114. The van der Waals surface area contributed by atoms with E-state index in [4.69, 9.17) is 23.2 Å². The van der Waals surface area contributed by atoms with Crippen molar-refractivity contribution in [3.05, 3.63) is 67.2 Å². The number of hydrogen-bond donors (Lipinski definition) is 2. The van der Waals surface area contributed by atoms with Crippen molar-refractivity contribution < 1.29 is 4.79 Å². The van der Waals surface area contributed by atoms with E-state index in [0.717, 1.165) is 0 Å². The van der Waals surface area contributed by atoms with Crippen LogP contribution in [-0.2, 0) is 6.42 Å². The Morgan fingerprint density at radius 1 is 1.26 bits per heavy atom. The summed E-state index contributed by atoms with van der Waals surface area (Å²) in [6.45, 7) is 5.42. The van der Waals surface area contributed by atoms with E-state index in [0.29, 0.717) is 34.2 Å². The van der Waals surface area contributed by atoms with Gasteiger partial charge in [0.15, 0.2) is 0 Å². The second-order valence-corrected chi connectivity index (χ2v) is 6.81. The lowest BCUT2D eigenvalue weighted by molar-refractivity contribution is 0.102. The summed E-state index contributed by atoms with van der Waals surface area (Å²) >= 11 is 12.0. The van der Waals surface area contributed by atoms with Crippen LogP contribution in [0, 0.1) is 13.8 Å². The van der Waals surface area contributed by atoms with Crippen molar-refractivity contribution in [1.29, 1.82) is 0 Å². The van der Waals surface area contributed by atoms with Gasteiger partial charge in [-0.1, -0.05) is 30.1 Å². The van der Waals surface area contributed by atoms with E-state index in [1.165, 1.54) is 10.7 Å². The first-order valence-electron chi connectivity index (χ1n) is 8.23. The zero-order valence-electron chi connectivity index (χ0n) is 14.9. The number of aromatic amines is 1. The molecule has 2 aromatic heterocycles. The van der Waals surface area contributed by atoms with Crippen LogP contribution in [0.2, 0.25) is 10.0 Å². The van der Waals surface area contributed by atoms with E-state index in [1.807, 2.05) is 6.92 Å². The summed E-state index contributed by atoms with van der Waals surface area (Å²) in [7, 11) is 0. The van der Waals surface area contributed by atoms with Gasteiger partial charge >= 0.3 is 0 Å². The number of carbonyl (C=O) groups is 1. The van der Waals surface area contributed by atoms with Gasteiger partial charge in [0.25, 0.3) is 11.5 Å². The average molecular weight is 406 g/mol. The van der Waals surface area contributed by atoms with Gasteiger partial charge in [-0.2, -0.15) is 9.78 Å². The molecule has 0 aliphatic heterocycles. The molecule has 0 aliphatic carbocycles. The fourth-order valence-corrected chi connectivity index (χ4v) is 3.09. The predicted molar refractivity (Wildman–Crippen MR) is 105 cm³/mol. The Balaban J connectivity index is 2.01. The molecule has 0 saturated heterocycles. The Hall–Kier alpha value is -2.64. The molecule has 1 aromatic carbocycles. The van der Waals surface area contributed by atoms with Crippen molar-refractivity contribution in [3.8, 4) is 5.95 Å². The monoisotopic (exact) mass is 405 g/mol. The van der Waals surface area contributed by atoms with Crippen molar-refractivity contribution in [1.82, 2.24) is 19.7 Å². The van der Waals surface area contributed by atoms with Crippen LogP contribution in [0.1, 0.15) is 34.2 Å². The van der Waals surface area contributed by atoms with E-state index >= 15 is 0 Å². The van der Waals surface area contributed by atoms with E-state index in [9.17, 15) is 9.59 Å². The Bertz CT molecular complexity index is 1090. The zero-order chi connectivity index (χ0) is 19.7. The van der Waals surface area contributed by atoms with Gasteiger partial charge in [-0.05, 0) is 38.5 Å². The molecule has 2 heterocycles. The highest BCUT2D eigenvalue weighted by molar-refractivity contribution is 6.36. The standard InChI is InChI=1S/C18H17Cl2N5O2/c1-4-12-10(3)21-18(23-16(12)26)25-15(7-9(2)24-25)22-17(27)13-8-11(19)5-6-14(13)20/h5-8H,4H2,1-3H3,(H,22,27)(H,21,23,26). The van der Waals surface area contributed by atoms with Crippen LogP contribution in [0.25, 0.3) is 5.95 Å². The third kappa shape index (κ3) is 3.89. The fourth-order valence-electron chi connectivity index (χ4n) is 2.72. The molecule has 2 N–H and O–H groups in total. The lowest BCUT2D eigenvalue weighted by Gasteiger charge is -2.10. The maximum atomic E-state index is 12.6. The smallest absolute Gasteiger partial charge is 0.258 e. The highest BCUT2D eigenvalue weighted by atomic mass is 35.5. The molecular weight excluding hydrogens is 389 g/mol. The molecule has 0 saturated carbocycles. The van der Waals surface area contributed by atoms with Crippen molar-refractivity contribution in [2.75, 3.05) is 5.32 Å². The number of carbonyl (C=O) groups excluding carboxylic acids is 1. The molecule has 1 amide bonds. The third-order valence-electron chi connectivity index (χ3n) is 4.01. The van der Waals surface area contributed by atoms with Gasteiger partial charge in [-0.15, -0.1) is 0 Å². The molecule has 9 heteroatoms. The van der Waals surface area contributed by atoms with Crippen LogP contribution >= 0.6 is 23.2 Å². The number of nitrogens with zero attached hydrogens (tertiary/aromatic N) is 3. The summed E-state index contributed by atoms with van der Waals surface area (Å²) in [6, 6.07) is 6.29. The van der Waals surface area contributed by atoms with Gasteiger partial charge in [0.2, 0.25) is 5.95 Å². The first-order valence-corrected chi connectivity index (χ1v) is 8.99. The van der Waals surface area contributed by atoms with Crippen LogP contribution in [0.5, 0.6) is 0 Å². The molecule has 3 aromatic rings. The van der Waals surface area contributed by atoms with E-state index in [2.05, 4.69) is 20.4 Å². The number of aromatic nitrogens is 4. The number of H-pyrrole nitrogens is 1. The zero-order valence-corrected chi connectivity index (χ0v) is 16.4. The third-order valence-corrected chi connectivity index (χ3v) is 4.57. The minimum atomic E-state index is -0.451. The molecule has 27 heavy (non-hydrogen) atoms. The Morgan fingerprint density at radius 3 is 2.67 bits per heavy atom. The lowest BCUT2D eigenvalue weighted by Crippen LogP contribution is -2.22. The normalized spacial score (nSPS) is 10.9. The van der Waals surface area contributed by atoms with Crippen LogP contribution in [0.4, 0.5) is 5.82 Å². The van der Waals surface area contributed by atoms with Crippen LogP contribution < -0.4 is 10.9 Å². The van der Waals surface area contributed by atoms with Crippen LogP contribution in [-0.4, -0.2) is 25.7 Å². The molecular formula is C18H17Cl2N5O2. The molecule has 0 bridgehead atoms. The molecule has 0 aliphatic rings. The minimum absolute atomic E-state index is 0.218. The van der Waals surface area contributed by atoms with Crippen molar-refractivity contribution in [3.63, 3.8) is 0 Å². The van der Waals surface area contributed by atoms with Gasteiger partial charge in [-0.25, -0.2) is 4.98 Å². The first kappa shape index (κ1) is 19.1. The van der Waals surface area contributed by atoms with Gasteiger partial charge in [0.05, 0.1) is 16.3 Å². The first-order chi connectivity index (χ1) is 12.8. The van der Waals surface area contributed by atoms with Gasteiger partial charge < -0.3 is 5.32 Å². The van der Waals surface area contributed by atoms with E-state index in [-0.39, 0.29) is 22.1 Å². The maximum absolute atomic E-state index is 12.6. The van der Waals surface area contributed by atoms with Gasteiger partial charge in [0, 0.05) is 22.3 Å². The predicted octanol–water partition coefficient (Wildman–Crippen LogP) is 3.69. The second kappa shape index (κ2) is 7.54. The second-order valence-electron chi connectivity index (χ2n) is 5.97. The molecule has 3 rings (SSSR count). The van der Waals surface area contributed by atoms with Gasteiger partial charge in [-0.3, -0.25) is 14.6 Å². The topological polar surface area (TPSA) is 92.7 Å². The van der Waals surface area contributed by atoms with Crippen molar-refractivity contribution in [2.45, 2.75) is 27.2 Å². The fraction of sp³-hybridized carbons (Fsp3) is 0.222. The molecule has 0 fully saturated rings. The SMILES string of the molecule is CCc1c(C)nc(-n2nc(C)cc2NC(=O)c2cc(Cl)ccc2Cl)[nH]c1=O. The quantitative estimate of drug-likeness (QED) is 0.691. The van der Waals surface area contributed by atoms with E-state index < -0.39 is 5.91 Å². The maximum Gasteiger partial charge on any atom is 0.258 e. The average Bonchev–Trinajstić information content (AvgIpc) is 2.97. The Labute approximate surface area is 165 Å². The van der Waals surface area contributed by atoms with Gasteiger partial charge in [0.1, 0.15) is 5.82 Å². The number of anilines is 1. The summed E-state index contributed by atoms with van der Waals surface area (Å²) in [6.07, 6.45) is 0.573. The van der Waals surface area contributed by atoms with Crippen molar-refractivity contribution in [2.24, 2.45) is 0 Å². The van der Waals surface area contributed by atoms with Crippen LogP contribution in [0.3, 0.4) is 0 Å². The van der Waals surface area contributed by atoms with E-state index in [1.54, 1.807) is 32.0 Å². The molecule has 140 valence electrons. The van der Waals surface area contributed by atoms with Crippen LogP contribution in [0.15, 0.2) is 29.1 Å². The Kier molecular flexibility index (Phi) is 5.34. The number of nitrogens with one attached hydrogen (secondary N) is 2. The summed E-state index contributed by atoms with van der Waals surface area (Å²) in [5.41, 5.74) is 1.86. The number of hydrogen-bond acceptors (Lipinski definition) is 4. The summed E-state index contributed by atoms with van der Waals surface area (Å²) in [4.78, 5) is 32.0. The number of halogens is 2. The number of rotatable bonds is 4. The molecule has 0 radical (unpaired) electrons. The minimum Gasteiger partial charge on any atom is -0.306 e. The van der Waals surface area contributed by atoms with Crippen molar-refractivity contribution >= 4 is 34.9 Å². The lowest BCUT2D eigenvalue weighted by atomic mass is 10.2. The summed E-state index contributed by atoms with van der Waals surface area (Å²) < 4.78 is 1.37. The number of amides is 1. The molecule has 0 unspecified atom stereocenters.